The van der Waals surface area contributed by atoms with Crippen LogP contribution in [0.1, 0.15) is 70.8 Å². The molecule has 1 aliphatic rings. The van der Waals surface area contributed by atoms with Crippen molar-refractivity contribution in [1.29, 1.82) is 5.26 Å². The molecule has 191 valence electrons. The van der Waals surface area contributed by atoms with Crippen LogP contribution in [0.4, 0.5) is 4.79 Å². The number of ether oxygens (including phenoxy) is 1. The van der Waals surface area contributed by atoms with Crippen LogP contribution in [-0.4, -0.2) is 41.6 Å². The Morgan fingerprint density at radius 3 is 2.43 bits per heavy atom. The first-order valence-electron chi connectivity index (χ1n) is 12.5. The van der Waals surface area contributed by atoms with Crippen molar-refractivity contribution in [3.8, 4) is 6.07 Å². The van der Waals surface area contributed by atoms with Gasteiger partial charge < -0.3 is 20.5 Å². The molecule has 35 heavy (non-hydrogen) atoms. The van der Waals surface area contributed by atoms with E-state index in [0.29, 0.717) is 12.3 Å². The first-order valence-corrected chi connectivity index (χ1v) is 12.5. The molecule has 1 aromatic carbocycles. The van der Waals surface area contributed by atoms with Crippen molar-refractivity contribution < 1.29 is 24.2 Å². The van der Waals surface area contributed by atoms with Crippen molar-refractivity contribution in [3.63, 3.8) is 0 Å². The molecule has 1 aromatic rings. The summed E-state index contributed by atoms with van der Waals surface area (Å²) in [6, 6.07) is 9.33. The first kappa shape index (κ1) is 28.3. The van der Waals surface area contributed by atoms with Crippen LogP contribution in [0, 0.1) is 29.1 Å². The lowest BCUT2D eigenvalue weighted by Crippen LogP contribution is -2.53. The molecule has 0 aliphatic heterocycles. The third kappa shape index (κ3) is 10.1. The molecule has 1 fully saturated rings. The molecule has 0 aromatic heterocycles. The van der Waals surface area contributed by atoms with E-state index in [1.54, 1.807) is 0 Å². The van der Waals surface area contributed by atoms with Crippen molar-refractivity contribution in [2.45, 2.75) is 90.0 Å². The molecule has 0 saturated heterocycles. The minimum absolute atomic E-state index is 0.0144. The normalized spacial score (nSPS) is 17.5. The molecule has 4 atom stereocenters. The Morgan fingerprint density at radius 1 is 1.14 bits per heavy atom. The van der Waals surface area contributed by atoms with Gasteiger partial charge in [-0.2, -0.15) is 5.26 Å². The molecule has 1 saturated carbocycles. The van der Waals surface area contributed by atoms with Crippen LogP contribution in [-0.2, 0) is 20.9 Å². The van der Waals surface area contributed by atoms with Gasteiger partial charge in [0.05, 0.1) is 24.6 Å². The van der Waals surface area contributed by atoms with Crippen LogP contribution in [0.25, 0.3) is 0 Å². The summed E-state index contributed by atoms with van der Waals surface area (Å²) in [6.07, 6.45) is 6.25. The number of nitriles is 1. The van der Waals surface area contributed by atoms with Gasteiger partial charge in [0.1, 0.15) is 12.6 Å². The number of amides is 2. The number of rotatable bonds is 13. The van der Waals surface area contributed by atoms with E-state index >= 15 is 0 Å². The van der Waals surface area contributed by atoms with Gasteiger partial charge in [0.2, 0.25) is 12.2 Å². The van der Waals surface area contributed by atoms with Gasteiger partial charge in [-0.1, -0.05) is 76.3 Å². The summed E-state index contributed by atoms with van der Waals surface area (Å²) in [5.74, 6) is -0.629. The Labute approximate surface area is 208 Å². The summed E-state index contributed by atoms with van der Waals surface area (Å²) in [5, 5.41) is 25.5. The summed E-state index contributed by atoms with van der Waals surface area (Å²) in [7, 11) is 0. The molecular weight excluding hydrogens is 446 g/mol. The number of nitrogens with zero attached hydrogens (tertiary/aromatic N) is 1. The zero-order valence-electron chi connectivity index (χ0n) is 20.7. The second-order valence-electron chi connectivity index (χ2n) is 9.75. The van der Waals surface area contributed by atoms with Crippen LogP contribution in [0.15, 0.2) is 30.3 Å². The van der Waals surface area contributed by atoms with Gasteiger partial charge in [-0.3, -0.25) is 9.59 Å². The van der Waals surface area contributed by atoms with Crippen LogP contribution < -0.4 is 10.6 Å². The monoisotopic (exact) mass is 484 g/mol. The number of aliphatic hydroxyl groups excluding tert-OH is 1. The van der Waals surface area contributed by atoms with Crippen LogP contribution in [0.2, 0.25) is 0 Å². The van der Waals surface area contributed by atoms with E-state index in [4.69, 9.17) is 4.74 Å². The predicted octanol–water partition coefficient (Wildman–Crippen LogP) is 3.78. The minimum atomic E-state index is -1.12. The van der Waals surface area contributed by atoms with Crippen molar-refractivity contribution in [1.82, 2.24) is 10.6 Å². The predicted molar refractivity (Wildman–Crippen MR) is 132 cm³/mol. The summed E-state index contributed by atoms with van der Waals surface area (Å²) in [4.78, 5) is 36.7. The molecule has 0 unspecified atom stereocenters. The Kier molecular flexibility index (Phi) is 12.3. The average molecular weight is 485 g/mol. The Balaban J connectivity index is 2.03. The third-order valence-electron chi connectivity index (χ3n) is 6.67. The second-order valence-corrected chi connectivity index (χ2v) is 9.75. The quantitative estimate of drug-likeness (QED) is 0.391. The highest BCUT2D eigenvalue weighted by atomic mass is 16.5. The lowest BCUT2D eigenvalue weighted by molar-refractivity contribution is -0.124. The summed E-state index contributed by atoms with van der Waals surface area (Å²) in [5.41, 5.74) is 0.797. The molecule has 0 spiro atoms. The number of nitrogens with one attached hydrogen (secondary N) is 2. The first-order chi connectivity index (χ1) is 16.8. The molecule has 1 radical (unpaired) electrons. The number of aliphatic hydroxyl groups is 1. The van der Waals surface area contributed by atoms with Crippen molar-refractivity contribution in [3.05, 3.63) is 35.9 Å². The molecule has 3 N–H and O–H groups in total. The number of carbonyl (C=O) groups is 2. The standard InChI is InChI=1S/C27H38N3O5/c1-19(2)22(17-31)16-25(32)24(15-20-9-5-3-6-10-20)29-26(33)23(13-14-28)30-27(34)35-18-21-11-7-4-8-12-21/h4,7-8,11-12,19-20,22-25,32H,3,5-6,9-10,13,15-16,18H2,1-2H3,(H,29,33)(H,30,34)/t22-,23+,24+,25+/m1/s1. The highest BCUT2D eigenvalue weighted by Crippen LogP contribution is 2.29. The lowest BCUT2D eigenvalue weighted by Gasteiger charge is -2.32. The van der Waals surface area contributed by atoms with Gasteiger partial charge in [-0.15, -0.1) is 0 Å². The van der Waals surface area contributed by atoms with Gasteiger partial charge in [0.15, 0.2) is 0 Å². The molecule has 0 heterocycles. The topological polar surface area (TPSA) is 129 Å². The average Bonchev–Trinajstić information content (AvgIpc) is 2.86. The largest absolute Gasteiger partial charge is 0.445 e. The van der Waals surface area contributed by atoms with Gasteiger partial charge >= 0.3 is 6.09 Å². The molecule has 8 nitrogen and oxygen atoms in total. The third-order valence-corrected chi connectivity index (χ3v) is 6.67. The van der Waals surface area contributed by atoms with Gasteiger partial charge in [-0.05, 0) is 30.2 Å². The smallest absolute Gasteiger partial charge is 0.408 e. The summed E-state index contributed by atoms with van der Waals surface area (Å²) >= 11 is 0. The van der Waals surface area contributed by atoms with Crippen molar-refractivity contribution in [2.75, 3.05) is 0 Å². The van der Waals surface area contributed by atoms with Crippen molar-refractivity contribution >= 4 is 18.3 Å². The number of benzene rings is 1. The highest BCUT2D eigenvalue weighted by Gasteiger charge is 2.31. The van der Waals surface area contributed by atoms with E-state index in [2.05, 4.69) is 10.6 Å². The van der Waals surface area contributed by atoms with Crippen molar-refractivity contribution in [2.24, 2.45) is 17.8 Å². The SMILES string of the molecule is CC(C)[C@@H]([C]=O)C[C@H](O)[C@H](CC1CCCCC1)NC(=O)[C@H](CC#N)NC(=O)OCc1ccccc1. The number of alkyl carbamates (subject to hydrolysis) is 1. The molecule has 0 bridgehead atoms. The number of hydrogen-bond donors (Lipinski definition) is 3. The van der Waals surface area contributed by atoms with E-state index in [1.807, 2.05) is 56.5 Å². The van der Waals surface area contributed by atoms with Crippen LogP contribution in [0.5, 0.6) is 0 Å². The van der Waals surface area contributed by atoms with E-state index < -0.39 is 36.1 Å². The van der Waals surface area contributed by atoms with Gasteiger partial charge in [0.25, 0.3) is 0 Å². The fourth-order valence-electron chi connectivity index (χ4n) is 4.47. The second kappa shape index (κ2) is 15.2. The molecule has 2 amide bonds. The van der Waals surface area contributed by atoms with Gasteiger partial charge in [0, 0.05) is 5.92 Å². The Hall–Kier alpha value is -2.92. The van der Waals surface area contributed by atoms with Crippen LogP contribution in [0.3, 0.4) is 0 Å². The number of hydrogen-bond acceptors (Lipinski definition) is 6. The molecular formula is C27H38N3O5. The lowest BCUT2D eigenvalue weighted by atomic mass is 9.81. The maximum absolute atomic E-state index is 13.1. The Morgan fingerprint density at radius 2 is 1.83 bits per heavy atom. The summed E-state index contributed by atoms with van der Waals surface area (Å²) in [6.45, 7) is 3.82. The zero-order valence-corrected chi connectivity index (χ0v) is 20.7. The van der Waals surface area contributed by atoms with E-state index in [-0.39, 0.29) is 25.4 Å². The fraction of sp³-hybridized carbons (Fsp3) is 0.630. The minimum Gasteiger partial charge on any atom is -0.445 e. The summed E-state index contributed by atoms with van der Waals surface area (Å²) < 4.78 is 5.19. The van der Waals surface area contributed by atoms with E-state index in [0.717, 1.165) is 31.2 Å². The van der Waals surface area contributed by atoms with E-state index in [9.17, 15) is 24.8 Å². The zero-order chi connectivity index (χ0) is 25.6. The van der Waals surface area contributed by atoms with E-state index in [1.165, 1.54) is 6.42 Å². The van der Waals surface area contributed by atoms with Crippen LogP contribution >= 0.6 is 0 Å². The van der Waals surface area contributed by atoms with Gasteiger partial charge in [-0.25, -0.2) is 4.79 Å². The molecule has 1 aliphatic carbocycles. The Bertz CT molecular complexity index is 833. The molecule has 8 heteroatoms. The fourth-order valence-corrected chi connectivity index (χ4v) is 4.47. The number of carbonyl (C=O) groups excluding carboxylic acids is 3. The highest BCUT2D eigenvalue weighted by molar-refractivity contribution is 5.86. The maximum atomic E-state index is 13.1. The maximum Gasteiger partial charge on any atom is 0.408 e. The molecule has 2 rings (SSSR count).